The summed E-state index contributed by atoms with van der Waals surface area (Å²) in [4.78, 5) is 22.2. The van der Waals surface area contributed by atoms with E-state index >= 15 is 0 Å². The number of primary amides is 1. The van der Waals surface area contributed by atoms with Crippen LogP contribution in [0.2, 0.25) is 0 Å². The van der Waals surface area contributed by atoms with Gasteiger partial charge in [0.2, 0.25) is 5.91 Å². The number of carbonyl (C=O) groups is 1. The Morgan fingerprint density at radius 1 is 1.61 bits per heavy atom. The van der Waals surface area contributed by atoms with Gasteiger partial charge in [0.15, 0.2) is 0 Å². The fourth-order valence-corrected chi connectivity index (χ4v) is 2.25. The summed E-state index contributed by atoms with van der Waals surface area (Å²) in [5.41, 5.74) is 5.43. The minimum Gasteiger partial charge on any atom is -0.373 e. The quantitative estimate of drug-likeness (QED) is 0.813. The first-order chi connectivity index (χ1) is 8.65. The summed E-state index contributed by atoms with van der Waals surface area (Å²) in [7, 11) is 1.82. The lowest BCUT2D eigenvalue weighted by atomic mass is 10.2. The van der Waals surface area contributed by atoms with Crippen molar-refractivity contribution in [3.63, 3.8) is 0 Å². The van der Waals surface area contributed by atoms with Crippen molar-refractivity contribution in [2.45, 2.75) is 32.2 Å². The zero-order valence-corrected chi connectivity index (χ0v) is 10.8. The van der Waals surface area contributed by atoms with E-state index in [-0.39, 0.29) is 11.9 Å². The summed E-state index contributed by atoms with van der Waals surface area (Å²) in [5, 5.41) is 3.02. The molecular formula is C12H19N5O. The number of anilines is 2. The molecule has 3 N–H and O–H groups in total. The Kier molecular flexibility index (Phi) is 3.64. The maximum atomic E-state index is 11.4. The summed E-state index contributed by atoms with van der Waals surface area (Å²) in [5.74, 6) is 2.04. The van der Waals surface area contributed by atoms with Crippen LogP contribution in [-0.2, 0) is 11.2 Å². The van der Waals surface area contributed by atoms with Crippen molar-refractivity contribution in [3.05, 3.63) is 11.9 Å². The standard InChI is InChI=1S/C12H19N5O/c1-3-9-15-10(14-2)7-11(16-9)17-6-4-5-8(17)12(13)18/h7-8H,3-6H2,1-2H3,(H2,13,18)(H,14,15,16). The van der Waals surface area contributed by atoms with Crippen LogP contribution in [0.3, 0.4) is 0 Å². The lowest BCUT2D eigenvalue weighted by molar-refractivity contribution is -0.119. The van der Waals surface area contributed by atoms with Crippen LogP contribution in [0, 0.1) is 0 Å². The predicted molar refractivity (Wildman–Crippen MR) is 70.5 cm³/mol. The van der Waals surface area contributed by atoms with Gasteiger partial charge in [-0.25, -0.2) is 9.97 Å². The molecule has 0 bridgehead atoms. The van der Waals surface area contributed by atoms with Crippen molar-refractivity contribution in [3.8, 4) is 0 Å². The Morgan fingerprint density at radius 3 is 3.00 bits per heavy atom. The fraction of sp³-hybridized carbons (Fsp3) is 0.583. The van der Waals surface area contributed by atoms with Crippen molar-refractivity contribution in [2.75, 3.05) is 23.8 Å². The third-order valence-electron chi connectivity index (χ3n) is 3.21. The summed E-state index contributed by atoms with van der Waals surface area (Å²) >= 11 is 0. The van der Waals surface area contributed by atoms with Crippen molar-refractivity contribution < 1.29 is 4.79 Å². The molecule has 1 saturated heterocycles. The first-order valence-corrected chi connectivity index (χ1v) is 6.27. The number of aromatic nitrogens is 2. The van der Waals surface area contributed by atoms with E-state index in [1.54, 1.807) is 0 Å². The highest BCUT2D eigenvalue weighted by molar-refractivity contribution is 5.84. The van der Waals surface area contributed by atoms with Crippen LogP contribution in [0.25, 0.3) is 0 Å². The molecule has 0 radical (unpaired) electrons. The third kappa shape index (κ3) is 2.37. The summed E-state index contributed by atoms with van der Waals surface area (Å²) in [6.07, 6.45) is 2.53. The Bertz CT molecular complexity index is 426. The van der Waals surface area contributed by atoms with Gasteiger partial charge in [-0.3, -0.25) is 4.79 Å². The largest absolute Gasteiger partial charge is 0.373 e. The second-order valence-corrected chi connectivity index (χ2v) is 4.38. The minimum absolute atomic E-state index is 0.241. The van der Waals surface area contributed by atoms with Gasteiger partial charge in [0.25, 0.3) is 0 Å². The van der Waals surface area contributed by atoms with Gasteiger partial charge in [0.1, 0.15) is 23.5 Å². The maximum Gasteiger partial charge on any atom is 0.240 e. The van der Waals surface area contributed by atoms with Gasteiger partial charge >= 0.3 is 0 Å². The van der Waals surface area contributed by atoms with E-state index in [0.717, 1.165) is 43.3 Å². The van der Waals surface area contributed by atoms with Crippen LogP contribution in [-0.4, -0.2) is 35.5 Å². The van der Waals surface area contributed by atoms with E-state index in [0.29, 0.717) is 0 Å². The van der Waals surface area contributed by atoms with E-state index < -0.39 is 0 Å². The smallest absolute Gasteiger partial charge is 0.240 e. The molecule has 1 aliphatic heterocycles. The molecule has 0 spiro atoms. The first-order valence-electron chi connectivity index (χ1n) is 6.27. The number of rotatable bonds is 4. The van der Waals surface area contributed by atoms with Crippen molar-refractivity contribution in [1.82, 2.24) is 9.97 Å². The lowest BCUT2D eigenvalue weighted by Crippen LogP contribution is -2.40. The number of hydrogen-bond acceptors (Lipinski definition) is 5. The molecule has 6 heteroatoms. The number of carbonyl (C=O) groups excluding carboxylic acids is 1. The number of hydrogen-bond donors (Lipinski definition) is 2. The molecule has 98 valence electrons. The molecule has 2 heterocycles. The average molecular weight is 249 g/mol. The van der Waals surface area contributed by atoms with Gasteiger partial charge in [0, 0.05) is 26.1 Å². The van der Waals surface area contributed by atoms with Crippen LogP contribution >= 0.6 is 0 Å². The van der Waals surface area contributed by atoms with Gasteiger partial charge in [-0.15, -0.1) is 0 Å². The molecular weight excluding hydrogens is 230 g/mol. The van der Waals surface area contributed by atoms with Crippen molar-refractivity contribution in [1.29, 1.82) is 0 Å². The highest BCUT2D eigenvalue weighted by Crippen LogP contribution is 2.25. The normalized spacial score (nSPS) is 19.0. The van der Waals surface area contributed by atoms with E-state index in [1.807, 2.05) is 24.9 Å². The molecule has 1 aliphatic rings. The van der Waals surface area contributed by atoms with Crippen molar-refractivity contribution in [2.24, 2.45) is 5.73 Å². The fourth-order valence-electron chi connectivity index (χ4n) is 2.25. The molecule has 0 aliphatic carbocycles. The maximum absolute atomic E-state index is 11.4. The van der Waals surface area contributed by atoms with Crippen LogP contribution in [0.4, 0.5) is 11.6 Å². The van der Waals surface area contributed by atoms with Gasteiger partial charge in [-0.2, -0.15) is 0 Å². The summed E-state index contributed by atoms with van der Waals surface area (Å²) in [6, 6.07) is 1.62. The van der Waals surface area contributed by atoms with E-state index in [4.69, 9.17) is 5.73 Å². The zero-order chi connectivity index (χ0) is 13.1. The van der Waals surface area contributed by atoms with Crippen LogP contribution in [0.15, 0.2) is 6.07 Å². The van der Waals surface area contributed by atoms with E-state index in [1.165, 1.54) is 0 Å². The molecule has 2 rings (SSSR count). The second kappa shape index (κ2) is 5.20. The number of nitrogens with zero attached hydrogens (tertiary/aromatic N) is 3. The van der Waals surface area contributed by atoms with Gasteiger partial charge in [0.05, 0.1) is 0 Å². The summed E-state index contributed by atoms with van der Waals surface area (Å²) in [6.45, 7) is 2.82. The number of nitrogens with two attached hydrogens (primary N) is 1. The molecule has 0 aromatic carbocycles. The molecule has 18 heavy (non-hydrogen) atoms. The summed E-state index contributed by atoms with van der Waals surface area (Å²) < 4.78 is 0. The molecule has 1 aromatic rings. The Labute approximate surface area is 107 Å². The third-order valence-corrected chi connectivity index (χ3v) is 3.21. The first kappa shape index (κ1) is 12.6. The number of amides is 1. The van der Waals surface area contributed by atoms with E-state index in [9.17, 15) is 4.79 Å². The molecule has 1 unspecified atom stereocenters. The van der Waals surface area contributed by atoms with Crippen LogP contribution < -0.4 is 16.0 Å². The number of aryl methyl sites for hydroxylation is 1. The molecule has 6 nitrogen and oxygen atoms in total. The SMILES string of the molecule is CCc1nc(NC)cc(N2CCCC2C(N)=O)n1. The van der Waals surface area contributed by atoms with Crippen LogP contribution in [0.5, 0.6) is 0 Å². The van der Waals surface area contributed by atoms with Gasteiger partial charge in [-0.1, -0.05) is 6.92 Å². The Balaban J connectivity index is 2.34. The average Bonchev–Trinajstić information content (AvgIpc) is 2.87. The van der Waals surface area contributed by atoms with Crippen LogP contribution in [0.1, 0.15) is 25.6 Å². The molecule has 1 atom stereocenters. The topological polar surface area (TPSA) is 84.1 Å². The predicted octanol–water partition coefficient (Wildman–Crippen LogP) is 0.535. The molecule has 1 fully saturated rings. The molecule has 1 amide bonds. The highest BCUT2D eigenvalue weighted by atomic mass is 16.1. The second-order valence-electron chi connectivity index (χ2n) is 4.38. The Hall–Kier alpha value is -1.85. The highest BCUT2D eigenvalue weighted by Gasteiger charge is 2.30. The van der Waals surface area contributed by atoms with Gasteiger partial charge in [-0.05, 0) is 12.8 Å². The van der Waals surface area contributed by atoms with E-state index in [2.05, 4.69) is 15.3 Å². The van der Waals surface area contributed by atoms with Crippen molar-refractivity contribution >= 4 is 17.5 Å². The lowest BCUT2D eigenvalue weighted by Gasteiger charge is -2.23. The minimum atomic E-state index is -0.282. The zero-order valence-electron chi connectivity index (χ0n) is 10.8. The number of nitrogens with one attached hydrogen (secondary N) is 1. The molecule has 0 saturated carbocycles. The molecule has 1 aromatic heterocycles. The monoisotopic (exact) mass is 249 g/mol. The Morgan fingerprint density at radius 2 is 2.39 bits per heavy atom. The van der Waals surface area contributed by atoms with Gasteiger partial charge < -0.3 is 16.0 Å².